The summed E-state index contributed by atoms with van der Waals surface area (Å²) in [5.74, 6) is 0.0170. The lowest BCUT2D eigenvalue weighted by molar-refractivity contribution is -0.122. The summed E-state index contributed by atoms with van der Waals surface area (Å²) in [6, 6.07) is 10.8. The minimum Gasteiger partial charge on any atom is -0.497 e. The van der Waals surface area contributed by atoms with Gasteiger partial charge in [-0.3, -0.25) is 4.79 Å². The maximum Gasteiger partial charge on any atom is 0.387 e. The average Bonchev–Trinajstić information content (AvgIpc) is 2.60. The van der Waals surface area contributed by atoms with Crippen molar-refractivity contribution < 1.29 is 23.0 Å². The number of rotatable bonds is 7. The Morgan fingerprint density at radius 1 is 1.20 bits per heavy atom. The lowest BCUT2D eigenvalue weighted by atomic mass is 10.1. The molecule has 0 heterocycles. The van der Waals surface area contributed by atoms with E-state index in [0.717, 1.165) is 5.56 Å². The van der Waals surface area contributed by atoms with E-state index < -0.39 is 18.6 Å². The summed E-state index contributed by atoms with van der Waals surface area (Å²) in [4.78, 5) is 12.2. The number of benzene rings is 2. The first kappa shape index (κ1) is 18.7. The molecule has 0 radical (unpaired) electrons. The molecule has 0 spiro atoms. The van der Waals surface area contributed by atoms with Crippen LogP contribution in [0.25, 0.3) is 0 Å². The Labute approximate surface area is 144 Å². The highest BCUT2D eigenvalue weighted by Gasteiger charge is 2.17. The maximum atomic E-state index is 12.5. The number of nitrogens with one attached hydrogen (secondary N) is 1. The molecular weight excluding hydrogens is 330 g/mol. The van der Waals surface area contributed by atoms with E-state index >= 15 is 0 Å². The first-order chi connectivity index (χ1) is 11.9. The molecule has 2 rings (SSSR count). The van der Waals surface area contributed by atoms with Gasteiger partial charge in [0.15, 0.2) is 0 Å². The Kier molecular flexibility index (Phi) is 6.30. The van der Waals surface area contributed by atoms with Crippen LogP contribution in [0.5, 0.6) is 11.5 Å². The van der Waals surface area contributed by atoms with Gasteiger partial charge in [0.25, 0.3) is 0 Å². The number of carbonyl (C=O) groups excluding carboxylic acids is 1. The Balaban J connectivity index is 2.08. The molecule has 0 aromatic heterocycles. The second-order valence-electron chi connectivity index (χ2n) is 5.46. The molecule has 5 nitrogen and oxygen atoms in total. The molecule has 0 aliphatic heterocycles. The average molecular weight is 350 g/mol. The molecule has 0 fully saturated rings. The zero-order chi connectivity index (χ0) is 18.4. The van der Waals surface area contributed by atoms with Gasteiger partial charge in [0.2, 0.25) is 5.91 Å². The topological polar surface area (TPSA) is 73.6 Å². The van der Waals surface area contributed by atoms with Gasteiger partial charge in [-0.25, -0.2) is 0 Å². The van der Waals surface area contributed by atoms with E-state index in [4.69, 9.17) is 10.5 Å². The number of halogens is 2. The maximum absolute atomic E-state index is 12.5. The van der Waals surface area contributed by atoms with Crippen molar-refractivity contribution in [3.8, 4) is 11.5 Å². The van der Waals surface area contributed by atoms with Crippen molar-refractivity contribution in [3.63, 3.8) is 0 Å². The van der Waals surface area contributed by atoms with Crippen LogP contribution < -0.4 is 20.5 Å². The van der Waals surface area contributed by atoms with Crippen LogP contribution in [0.1, 0.15) is 22.7 Å². The molecule has 25 heavy (non-hydrogen) atoms. The minimum atomic E-state index is -2.96. The molecular formula is C18H20F2N2O3. The highest BCUT2D eigenvalue weighted by atomic mass is 19.3. The van der Waals surface area contributed by atoms with Crippen molar-refractivity contribution in [3.05, 3.63) is 59.2 Å². The predicted octanol–water partition coefficient (Wildman–Crippen LogP) is 2.92. The number of alkyl halides is 2. The van der Waals surface area contributed by atoms with Gasteiger partial charge in [0.1, 0.15) is 17.5 Å². The molecule has 0 saturated carbocycles. The molecule has 1 amide bonds. The van der Waals surface area contributed by atoms with Gasteiger partial charge in [0.05, 0.1) is 7.11 Å². The van der Waals surface area contributed by atoms with Gasteiger partial charge in [-0.05, 0) is 30.7 Å². The molecule has 1 unspecified atom stereocenters. The van der Waals surface area contributed by atoms with Crippen LogP contribution in [-0.4, -0.2) is 19.6 Å². The number of hydrogen-bond acceptors (Lipinski definition) is 4. The summed E-state index contributed by atoms with van der Waals surface area (Å²) < 4.78 is 34.5. The van der Waals surface area contributed by atoms with Crippen LogP contribution in [0.4, 0.5) is 8.78 Å². The van der Waals surface area contributed by atoms with E-state index in [1.54, 1.807) is 12.1 Å². The predicted molar refractivity (Wildman–Crippen MR) is 89.6 cm³/mol. The third-order valence-corrected chi connectivity index (χ3v) is 3.66. The second kappa shape index (κ2) is 8.43. The van der Waals surface area contributed by atoms with Crippen LogP contribution in [0.2, 0.25) is 0 Å². The lowest BCUT2D eigenvalue weighted by Gasteiger charge is -2.15. The third kappa shape index (κ3) is 5.15. The number of aryl methyl sites for hydroxylation is 1. The zero-order valence-electron chi connectivity index (χ0n) is 14.0. The van der Waals surface area contributed by atoms with Gasteiger partial charge in [-0.2, -0.15) is 8.78 Å². The number of carbonyl (C=O) groups is 1. The highest BCUT2D eigenvalue weighted by molar-refractivity contribution is 5.83. The van der Waals surface area contributed by atoms with E-state index in [0.29, 0.717) is 16.9 Å². The Hall–Kier alpha value is -2.67. The quantitative estimate of drug-likeness (QED) is 0.805. The number of hydrogen-bond donors (Lipinski definition) is 2. The van der Waals surface area contributed by atoms with Crippen molar-refractivity contribution in [2.45, 2.75) is 26.1 Å². The van der Waals surface area contributed by atoms with E-state index in [-0.39, 0.29) is 12.3 Å². The van der Waals surface area contributed by atoms with Crippen molar-refractivity contribution in [2.24, 2.45) is 5.73 Å². The first-order valence-corrected chi connectivity index (χ1v) is 7.62. The standard InChI is InChI=1S/C18H20F2N2O3/c1-11-3-5-12(6-4-11)16(21)17(23)22-10-13-9-14(24-2)7-8-15(13)25-18(19)20/h3-9,16,18H,10,21H2,1-2H3,(H,22,23). The first-order valence-electron chi connectivity index (χ1n) is 7.62. The number of amides is 1. The molecule has 0 aliphatic carbocycles. The molecule has 2 aromatic rings. The van der Waals surface area contributed by atoms with Gasteiger partial charge < -0.3 is 20.5 Å². The summed E-state index contributed by atoms with van der Waals surface area (Å²) in [5, 5.41) is 2.63. The summed E-state index contributed by atoms with van der Waals surface area (Å²) >= 11 is 0. The smallest absolute Gasteiger partial charge is 0.387 e. The number of methoxy groups -OCH3 is 1. The van der Waals surface area contributed by atoms with Crippen LogP contribution in [-0.2, 0) is 11.3 Å². The number of ether oxygens (including phenoxy) is 2. The van der Waals surface area contributed by atoms with Gasteiger partial charge in [-0.1, -0.05) is 29.8 Å². The van der Waals surface area contributed by atoms with Gasteiger partial charge in [-0.15, -0.1) is 0 Å². The summed E-state index contributed by atoms with van der Waals surface area (Å²) in [5.41, 5.74) is 8.03. The molecule has 2 aromatic carbocycles. The highest BCUT2D eigenvalue weighted by Crippen LogP contribution is 2.25. The molecule has 0 bridgehead atoms. The monoisotopic (exact) mass is 350 g/mol. The summed E-state index contributed by atoms with van der Waals surface area (Å²) in [6.07, 6.45) is 0. The molecule has 0 aliphatic rings. The SMILES string of the molecule is COc1ccc(OC(F)F)c(CNC(=O)C(N)c2ccc(C)cc2)c1. The van der Waals surface area contributed by atoms with Crippen LogP contribution >= 0.6 is 0 Å². The fraction of sp³-hybridized carbons (Fsp3) is 0.278. The molecule has 1 atom stereocenters. The molecule has 134 valence electrons. The van der Waals surface area contributed by atoms with Gasteiger partial charge >= 0.3 is 6.61 Å². The van der Waals surface area contributed by atoms with E-state index in [2.05, 4.69) is 10.1 Å². The Bertz CT molecular complexity index is 721. The van der Waals surface area contributed by atoms with E-state index in [9.17, 15) is 13.6 Å². The minimum absolute atomic E-state index is 0.0162. The van der Waals surface area contributed by atoms with Crippen LogP contribution in [0, 0.1) is 6.92 Å². The Morgan fingerprint density at radius 2 is 1.88 bits per heavy atom. The van der Waals surface area contributed by atoms with Crippen LogP contribution in [0.15, 0.2) is 42.5 Å². The fourth-order valence-corrected chi connectivity index (χ4v) is 2.25. The van der Waals surface area contributed by atoms with Crippen molar-refractivity contribution >= 4 is 5.91 Å². The van der Waals surface area contributed by atoms with Crippen molar-refractivity contribution in [2.75, 3.05) is 7.11 Å². The van der Waals surface area contributed by atoms with Crippen molar-refractivity contribution in [1.29, 1.82) is 0 Å². The number of nitrogens with two attached hydrogens (primary N) is 1. The fourth-order valence-electron chi connectivity index (χ4n) is 2.25. The Morgan fingerprint density at radius 3 is 2.48 bits per heavy atom. The molecule has 0 saturated heterocycles. The largest absolute Gasteiger partial charge is 0.497 e. The normalized spacial score (nSPS) is 11.9. The van der Waals surface area contributed by atoms with Crippen LogP contribution in [0.3, 0.4) is 0 Å². The summed E-state index contributed by atoms with van der Waals surface area (Å²) in [6.45, 7) is -1.04. The lowest BCUT2D eigenvalue weighted by Crippen LogP contribution is -2.33. The zero-order valence-corrected chi connectivity index (χ0v) is 14.0. The molecule has 7 heteroatoms. The van der Waals surface area contributed by atoms with Gasteiger partial charge in [0, 0.05) is 12.1 Å². The van der Waals surface area contributed by atoms with Crippen molar-refractivity contribution in [1.82, 2.24) is 5.32 Å². The van der Waals surface area contributed by atoms with E-state index in [1.807, 2.05) is 19.1 Å². The summed E-state index contributed by atoms with van der Waals surface area (Å²) in [7, 11) is 1.46. The van der Waals surface area contributed by atoms with E-state index in [1.165, 1.54) is 25.3 Å². The third-order valence-electron chi connectivity index (χ3n) is 3.66. The second-order valence-corrected chi connectivity index (χ2v) is 5.46. The molecule has 3 N–H and O–H groups in total.